The van der Waals surface area contributed by atoms with Crippen molar-refractivity contribution in [3.8, 4) is 11.8 Å². The maximum absolute atomic E-state index is 13.2. The first-order chi connectivity index (χ1) is 9.13. The second-order valence-electron chi connectivity index (χ2n) is 4.14. The zero-order chi connectivity index (χ0) is 13.8. The molecule has 0 unspecified atom stereocenters. The average Bonchev–Trinajstić information content (AvgIpc) is 2.38. The summed E-state index contributed by atoms with van der Waals surface area (Å²) in [5.41, 5.74) is 5.91. The van der Waals surface area contributed by atoms with E-state index < -0.39 is 5.82 Å². The minimum atomic E-state index is -0.470. The molecule has 1 heterocycles. The largest absolute Gasteiger partial charge is 0.320 e. The lowest BCUT2D eigenvalue weighted by atomic mass is 10.1. The van der Waals surface area contributed by atoms with Crippen LogP contribution >= 0.6 is 0 Å². The molecule has 1 aliphatic heterocycles. The van der Waals surface area contributed by atoms with Gasteiger partial charge in [-0.15, -0.1) is 0 Å². The summed E-state index contributed by atoms with van der Waals surface area (Å²) in [6, 6.07) is 3.81. The Bertz CT molecular complexity index is 571. The van der Waals surface area contributed by atoms with Gasteiger partial charge in [0.15, 0.2) is 0 Å². The lowest BCUT2D eigenvalue weighted by Crippen LogP contribution is -2.40. The summed E-state index contributed by atoms with van der Waals surface area (Å²) in [4.78, 5) is 24.8. The molecule has 2 rings (SSSR count). The topological polar surface area (TPSA) is 63.4 Å². The van der Waals surface area contributed by atoms with Gasteiger partial charge in [0, 0.05) is 12.8 Å². The molecule has 1 aliphatic rings. The van der Waals surface area contributed by atoms with Crippen LogP contribution in [0.3, 0.4) is 0 Å². The van der Waals surface area contributed by atoms with Gasteiger partial charge in [-0.25, -0.2) is 9.29 Å². The Balaban J connectivity index is 2.48. The molecule has 1 aromatic carbocycles. The number of hydrogen-bond donors (Lipinski definition) is 1. The van der Waals surface area contributed by atoms with Crippen molar-refractivity contribution in [1.29, 1.82) is 0 Å². The van der Waals surface area contributed by atoms with E-state index in [1.807, 2.05) is 0 Å². The molecule has 19 heavy (non-hydrogen) atoms. The van der Waals surface area contributed by atoms with Crippen molar-refractivity contribution in [2.24, 2.45) is 5.73 Å². The number of nitrogens with zero attached hydrogens (tertiary/aromatic N) is 1. The van der Waals surface area contributed by atoms with Gasteiger partial charge in [-0.05, 0) is 24.6 Å². The third-order valence-electron chi connectivity index (χ3n) is 2.80. The summed E-state index contributed by atoms with van der Waals surface area (Å²) in [5, 5.41) is 0. The van der Waals surface area contributed by atoms with Gasteiger partial charge in [-0.1, -0.05) is 11.8 Å². The number of halogens is 1. The van der Waals surface area contributed by atoms with E-state index in [0.29, 0.717) is 30.5 Å². The molecule has 4 nitrogen and oxygen atoms in total. The number of hydrogen-bond acceptors (Lipinski definition) is 3. The van der Waals surface area contributed by atoms with Gasteiger partial charge in [0.25, 0.3) is 0 Å². The summed E-state index contributed by atoms with van der Waals surface area (Å²) >= 11 is 0. The number of rotatable bonds is 1. The fourth-order valence-electron chi connectivity index (χ4n) is 1.97. The molecule has 1 aromatic rings. The van der Waals surface area contributed by atoms with Gasteiger partial charge in [0.1, 0.15) is 5.82 Å². The molecule has 0 aliphatic carbocycles. The highest BCUT2D eigenvalue weighted by atomic mass is 19.1. The fourth-order valence-corrected chi connectivity index (χ4v) is 1.97. The van der Waals surface area contributed by atoms with Crippen molar-refractivity contribution in [2.75, 3.05) is 11.4 Å². The van der Waals surface area contributed by atoms with E-state index in [2.05, 4.69) is 11.8 Å². The van der Waals surface area contributed by atoms with Crippen molar-refractivity contribution >= 4 is 17.5 Å². The highest BCUT2D eigenvalue weighted by Gasteiger charge is 2.28. The van der Waals surface area contributed by atoms with Gasteiger partial charge in [0.05, 0.1) is 17.8 Å². The molecular weight excluding hydrogens is 247 g/mol. The zero-order valence-electron chi connectivity index (χ0n) is 10.3. The van der Waals surface area contributed by atoms with E-state index in [0.717, 1.165) is 4.90 Å². The van der Waals surface area contributed by atoms with Crippen LogP contribution in [0.1, 0.15) is 24.8 Å². The first-order valence-electron chi connectivity index (χ1n) is 5.97. The van der Waals surface area contributed by atoms with Gasteiger partial charge in [0.2, 0.25) is 11.8 Å². The van der Waals surface area contributed by atoms with Crippen LogP contribution in [-0.2, 0) is 9.59 Å². The van der Waals surface area contributed by atoms with Gasteiger partial charge >= 0.3 is 0 Å². The molecule has 2 N–H and O–H groups in total. The van der Waals surface area contributed by atoms with Crippen molar-refractivity contribution < 1.29 is 14.0 Å². The van der Waals surface area contributed by atoms with Gasteiger partial charge in [-0.2, -0.15) is 0 Å². The predicted octanol–water partition coefficient (Wildman–Crippen LogP) is 1.18. The molecule has 1 saturated heterocycles. The summed E-state index contributed by atoms with van der Waals surface area (Å²) in [6.45, 7) is 0.123. The van der Waals surface area contributed by atoms with Crippen LogP contribution in [0.4, 0.5) is 10.1 Å². The molecule has 98 valence electrons. The number of nitrogens with two attached hydrogens (primary N) is 1. The standard InChI is InChI=1S/C14H13FN2O2/c15-11-6-7-12(10(9-11)3-2-8-16)17-13(18)4-1-5-14(17)19/h6-7,9H,1,4-5,8,16H2. The monoisotopic (exact) mass is 260 g/mol. The van der Waals surface area contributed by atoms with E-state index in [1.54, 1.807) is 0 Å². The summed E-state index contributed by atoms with van der Waals surface area (Å²) in [7, 11) is 0. The van der Waals surface area contributed by atoms with Crippen LogP contribution in [0.15, 0.2) is 18.2 Å². The fraction of sp³-hybridized carbons (Fsp3) is 0.286. The maximum atomic E-state index is 13.2. The Morgan fingerprint density at radius 1 is 1.26 bits per heavy atom. The number of anilines is 1. The number of carbonyl (C=O) groups is 2. The molecule has 0 aromatic heterocycles. The molecule has 2 amide bonds. The minimum Gasteiger partial charge on any atom is -0.320 e. The van der Waals surface area contributed by atoms with Crippen LogP contribution < -0.4 is 10.6 Å². The number of piperidine rings is 1. The quantitative estimate of drug-likeness (QED) is 0.609. The SMILES string of the molecule is NCC#Cc1cc(F)ccc1N1C(=O)CCCC1=O. The van der Waals surface area contributed by atoms with Crippen LogP contribution in [-0.4, -0.2) is 18.4 Å². The van der Waals surface area contributed by atoms with Crippen LogP contribution in [0.25, 0.3) is 0 Å². The predicted molar refractivity (Wildman–Crippen MR) is 68.7 cm³/mol. The van der Waals surface area contributed by atoms with Gasteiger partial charge < -0.3 is 5.73 Å². The Morgan fingerprint density at radius 2 is 1.95 bits per heavy atom. The normalized spacial score (nSPS) is 15.2. The number of imide groups is 1. The average molecular weight is 260 g/mol. The molecule has 0 radical (unpaired) electrons. The molecule has 0 bridgehead atoms. The van der Waals surface area contributed by atoms with Crippen LogP contribution in [0.5, 0.6) is 0 Å². The summed E-state index contributed by atoms with van der Waals surface area (Å²) in [6.07, 6.45) is 1.18. The first-order valence-corrected chi connectivity index (χ1v) is 5.97. The third kappa shape index (κ3) is 2.80. The minimum absolute atomic E-state index is 0.123. The van der Waals surface area contributed by atoms with Crippen molar-refractivity contribution in [1.82, 2.24) is 0 Å². The maximum Gasteiger partial charge on any atom is 0.233 e. The van der Waals surface area contributed by atoms with E-state index in [-0.39, 0.29) is 18.4 Å². The van der Waals surface area contributed by atoms with Crippen LogP contribution in [0, 0.1) is 17.7 Å². The molecule has 1 fully saturated rings. The number of benzene rings is 1. The van der Waals surface area contributed by atoms with Gasteiger partial charge in [-0.3, -0.25) is 9.59 Å². The van der Waals surface area contributed by atoms with Crippen molar-refractivity contribution in [3.63, 3.8) is 0 Å². The highest BCUT2D eigenvalue weighted by molar-refractivity contribution is 6.17. The smallest absolute Gasteiger partial charge is 0.233 e. The summed E-state index contributed by atoms with van der Waals surface area (Å²) in [5.74, 6) is 4.27. The molecular formula is C14H13FN2O2. The Labute approximate surface area is 110 Å². The zero-order valence-corrected chi connectivity index (χ0v) is 10.3. The second-order valence-corrected chi connectivity index (χ2v) is 4.14. The summed E-state index contributed by atoms with van der Waals surface area (Å²) < 4.78 is 13.2. The number of carbonyl (C=O) groups excluding carboxylic acids is 2. The van der Waals surface area contributed by atoms with Crippen molar-refractivity contribution in [2.45, 2.75) is 19.3 Å². The molecule has 0 atom stereocenters. The van der Waals surface area contributed by atoms with E-state index in [4.69, 9.17) is 5.73 Å². The molecule has 0 spiro atoms. The van der Waals surface area contributed by atoms with E-state index >= 15 is 0 Å². The Morgan fingerprint density at radius 3 is 2.58 bits per heavy atom. The van der Waals surface area contributed by atoms with E-state index in [1.165, 1.54) is 18.2 Å². The van der Waals surface area contributed by atoms with E-state index in [9.17, 15) is 14.0 Å². The second kappa shape index (κ2) is 5.63. The Kier molecular flexibility index (Phi) is 3.93. The lowest BCUT2D eigenvalue weighted by molar-refractivity contribution is -0.129. The molecule has 5 heteroatoms. The first kappa shape index (κ1) is 13.2. The highest BCUT2D eigenvalue weighted by Crippen LogP contribution is 2.26. The van der Waals surface area contributed by atoms with Crippen LogP contribution in [0.2, 0.25) is 0 Å². The lowest BCUT2D eigenvalue weighted by Gasteiger charge is -2.25. The van der Waals surface area contributed by atoms with Crippen molar-refractivity contribution in [3.05, 3.63) is 29.6 Å². The third-order valence-corrected chi connectivity index (χ3v) is 2.80. The Hall–Kier alpha value is -2.19. The molecule has 0 saturated carbocycles. The number of amides is 2.